The standard InChI is InChI=1S/C17H21N5O2S/c1-11-9-15(23)22-17(19-11)25-16(20-22)18-10-13(21(2)3)12-7-5-6-8-14(12)24-4/h5-9,13H,10H2,1-4H3,(H,18,20). The third kappa shape index (κ3) is 3.64. The summed E-state index contributed by atoms with van der Waals surface area (Å²) in [5, 5.41) is 8.31. The van der Waals surface area contributed by atoms with Crippen molar-refractivity contribution in [3.63, 3.8) is 0 Å². The van der Waals surface area contributed by atoms with Crippen molar-refractivity contribution in [2.45, 2.75) is 13.0 Å². The average molecular weight is 359 g/mol. The molecule has 2 heterocycles. The summed E-state index contributed by atoms with van der Waals surface area (Å²) < 4.78 is 6.81. The number of hydrogen-bond acceptors (Lipinski definition) is 7. The lowest BCUT2D eigenvalue weighted by Crippen LogP contribution is -2.27. The minimum Gasteiger partial charge on any atom is -0.496 e. The highest BCUT2D eigenvalue weighted by atomic mass is 32.1. The first-order valence-corrected chi connectivity index (χ1v) is 8.72. The van der Waals surface area contributed by atoms with Crippen LogP contribution in [0.15, 0.2) is 35.1 Å². The van der Waals surface area contributed by atoms with Crippen molar-refractivity contribution in [1.29, 1.82) is 0 Å². The lowest BCUT2D eigenvalue weighted by Gasteiger charge is -2.26. The molecule has 0 amide bonds. The molecule has 0 spiro atoms. The Kier molecular flexibility index (Phi) is 5.00. The van der Waals surface area contributed by atoms with Crippen molar-refractivity contribution in [2.24, 2.45) is 0 Å². The highest BCUT2D eigenvalue weighted by Crippen LogP contribution is 2.28. The van der Waals surface area contributed by atoms with Gasteiger partial charge in [-0.3, -0.25) is 4.79 Å². The van der Waals surface area contributed by atoms with Gasteiger partial charge < -0.3 is 15.0 Å². The molecule has 132 valence electrons. The van der Waals surface area contributed by atoms with E-state index in [0.717, 1.165) is 11.3 Å². The molecule has 1 atom stereocenters. The predicted molar refractivity (Wildman–Crippen MR) is 99.8 cm³/mol. The summed E-state index contributed by atoms with van der Waals surface area (Å²) >= 11 is 1.36. The number of methoxy groups -OCH3 is 1. The summed E-state index contributed by atoms with van der Waals surface area (Å²) in [6.45, 7) is 2.43. The number of hydrogen-bond donors (Lipinski definition) is 1. The first-order chi connectivity index (χ1) is 12.0. The van der Waals surface area contributed by atoms with E-state index in [-0.39, 0.29) is 11.6 Å². The second-order valence-electron chi connectivity index (χ2n) is 5.94. The van der Waals surface area contributed by atoms with Gasteiger partial charge in [-0.1, -0.05) is 29.5 Å². The van der Waals surface area contributed by atoms with Crippen LogP contribution in [0.25, 0.3) is 4.96 Å². The van der Waals surface area contributed by atoms with Gasteiger partial charge in [0.1, 0.15) is 5.75 Å². The minimum absolute atomic E-state index is 0.0922. The number of anilines is 1. The molecule has 0 fully saturated rings. The monoisotopic (exact) mass is 359 g/mol. The maximum atomic E-state index is 12.0. The zero-order valence-corrected chi connectivity index (χ0v) is 15.5. The summed E-state index contributed by atoms with van der Waals surface area (Å²) in [5.41, 5.74) is 1.62. The number of fused-ring (bicyclic) bond motifs is 1. The Morgan fingerprint density at radius 3 is 2.84 bits per heavy atom. The third-order valence-electron chi connectivity index (χ3n) is 3.94. The van der Waals surface area contributed by atoms with E-state index in [9.17, 15) is 4.79 Å². The molecule has 3 aromatic rings. The highest BCUT2D eigenvalue weighted by Gasteiger charge is 2.19. The highest BCUT2D eigenvalue weighted by molar-refractivity contribution is 7.20. The van der Waals surface area contributed by atoms with E-state index in [1.54, 1.807) is 14.0 Å². The number of benzene rings is 1. The van der Waals surface area contributed by atoms with Gasteiger partial charge in [0, 0.05) is 23.9 Å². The smallest absolute Gasteiger partial charge is 0.275 e. The Hall–Kier alpha value is -2.45. The summed E-state index contributed by atoms with van der Waals surface area (Å²) in [6.07, 6.45) is 0. The van der Waals surface area contributed by atoms with Gasteiger partial charge in [-0.25, -0.2) is 4.98 Å². The van der Waals surface area contributed by atoms with Crippen molar-refractivity contribution >= 4 is 21.4 Å². The molecule has 7 nitrogen and oxygen atoms in total. The van der Waals surface area contributed by atoms with Crippen LogP contribution in [0, 0.1) is 6.92 Å². The molecule has 1 N–H and O–H groups in total. The van der Waals surface area contributed by atoms with Crippen LogP contribution in [0.4, 0.5) is 5.13 Å². The Balaban J connectivity index is 1.85. The minimum atomic E-state index is -0.166. The number of likely N-dealkylation sites (N-methyl/N-ethyl adjacent to an activating group) is 1. The van der Waals surface area contributed by atoms with E-state index < -0.39 is 0 Å². The molecule has 2 aromatic heterocycles. The SMILES string of the molecule is COc1ccccc1C(CNc1nn2c(=O)cc(C)nc2s1)N(C)C. The van der Waals surface area contributed by atoms with Crippen LogP contribution in [0.2, 0.25) is 0 Å². The topological polar surface area (TPSA) is 71.8 Å². The molecule has 0 aliphatic carbocycles. The van der Waals surface area contributed by atoms with Crippen LogP contribution in [0.1, 0.15) is 17.3 Å². The van der Waals surface area contributed by atoms with Crippen LogP contribution >= 0.6 is 11.3 Å². The molecule has 0 aliphatic rings. The van der Waals surface area contributed by atoms with Crippen molar-refractivity contribution in [3.05, 3.63) is 51.9 Å². The van der Waals surface area contributed by atoms with E-state index in [1.165, 1.54) is 21.9 Å². The Morgan fingerprint density at radius 2 is 2.12 bits per heavy atom. The molecular weight excluding hydrogens is 338 g/mol. The van der Waals surface area contributed by atoms with Gasteiger partial charge in [0.2, 0.25) is 10.1 Å². The second kappa shape index (κ2) is 7.20. The fourth-order valence-electron chi connectivity index (χ4n) is 2.69. The van der Waals surface area contributed by atoms with Gasteiger partial charge in [0.25, 0.3) is 5.56 Å². The maximum absolute atomic E-state index is 12.0. The first-order valence-electron chi connectivity index (χ1n) is 7.90. The van der Waals surface area contributed by atoms with Crippen molar-refractivity contribution in [3.8, 4) is 5.75 Å². The normalized spacial score (nSPS) is 12.5. The van der Waals surface area contributed by atoms with Gasteiger partial charge in [0.15, 0.2) is 0 Å². The maximum Gasteiger partial charge on any atom is 0.275 e. The Morgan fingerprint density at radius 1 is 1.36 bits per heavy atom. The van der Waals surface area contributed by atoms with Crippen LogP contribution in [0.5, 0.6) is 5.75 Å². The van der Waals surface area contributed by atoms with E-state index >= 15 is 0 Å². The van der Waals surface area contributed by atoms with Crippen LogP contribution in [-0.4, -0.2) is 47.2 Å². The number of para-hydroxylation sites is 1. The summed E-state index contributed by atoms with van der Waals surface area (Å²) in [6, 6.07) is 9.53. The van der Waals surface area contributed by atoms with Crippen LogP contribution < -0.4 is 15.6 Å². The van der Waals surface area contributed by atoms with E-state index in [0.29, 0.717) is 22.3 Å². The van der Waals surface area contributed by atoms with Crippen LogP contribution in [0.3, 0.4) is 0 Å². The third-order valence-corrected chi connectivity index (χ3v) is 4.81. The molecule has 3 rings (SSSR count). The fourth-order valence-corrected chi connectivity index (χ4v) is 3.55. The molecule has 1 aromatic carbocycles. The van der Waals surface area contributed by atoms with Gasteiger partial charge in [0.05, 0.1) is 13.2 Å². The van der Waals surface area contributed by atoms with E-state index in [2.05, 4.69) is 26.4 Å². The van der Waals surface area contributed by atoms with Crippen molar-refractivity contribution in [2.75, 3.05) is 33.1 Å². The molecule has 0 aliphatic heterocycles. The molecule has 0 radical (unpaired) electrons. The van der Waals surface area contributed by atoms with Crippen molar-refractivity contribution < 1.29 is 4.74 Å². The van der Waals surface area contributed by atoms with Gasteiger partial charge in [-0.05, 0) is 27.1 Å². The first kappa shape index (κ1) is 17.4. The van der Waals surface area contributed by atoms with Gasteiger partial charge >= 0.3 is 0 Å². The lowest BCUT2D eigenvalue weighted by molar-refractivity contribution is 0.300. The number of nitrogens with zero attached hydrogens (tertiary/aromatic N) is 4. The summed E-state index contributed by atoms with van der Waals surface area (Å²) in [5.74, 6) is 0.848. The number of aryl methyl sites for hydroxylation is 1. The molecule has 25 heavy (non-hydrogen) atoms. The Labute approximate surface area is 149 Å². The zero-order valence-electron chi connectivity index (χ0n) is 14.7. The van der Waals surface area contributed by atoms with Gasteiger partial charge in [-0.15, -0.1) is 5.10 Å². The molecule has 0 saturated carbocycles. The number of aromatic nitrogens is 3. The fraction of sp³-hybridized carbons (Fsp3) is 0.353. The largest absolute Gasteiger partial charge is 0.496 e. The zero-order chi connectivity index (χ0) is 18.0. The molecular formula is C17H21N5O2S. The average Bonchev–Trinajstić information content (AvgIpc) is 2.98. The number of ether oxygens (including phenoxy) is 1. The lowest BCUT2D eigenvalue weighted by atomic mass is 10.0. The predicted octanol–water partition coefficient (Wildman–Crippen LogP) is 2.18. The van der Waals surface area contributed by atoms with E-state index in [1.807, 2.05) is 32.3 Å². The molecule has 8 heteroatoms. The van der Waals surface area contributed by atoms with Crippen LogP contribution in [-0.2, 0) is 0 Å². The van der Waals surface area contributed by atoms with E-state index in [4.69, 9.17) is 4.74 Å². The molecule has 1 unspecified atom stereocenters. The number of rotatable bonds is 6. The Bertz CT molecular complexity index is 934. The summed E-state index contributed by atoms with van der Waals surface area (Å²) in [4.78, 5) is 19.0. The summed E-state index contributed by atoms with van der Waals surface area (Å²) in [7, 11) is 5.71. The second-order valence-corrected chi connectivity index (χ2v) is 6.90. The molecule has 0 saturated heterocycles. The quantitative estimate of drug-likeness (QED) is 0.727. The van der Waals surface area contributed by atoms with Gasteiger partial charge in [-0.2, -0.15) is 4.52 Å². The number of nitrogens with one attached hydrogen (secondary N) is 1. The molecule has 0 bridgehead atoms. The van der Waals surface area contributed by atoms with Crippen molar-refractivity contribution in [1.82, 2.24) is 19.5 Å².